The fraction of sp³-hybridized carbons (Fsp3) is 0.500. The van der Waals surface area contributed by atoms with Gasteiger partial charge in [0.15, 0.2) is 6.10 Å². The monoisotopic (exact) mass is 345 g/mol. The molecule has 1 fully saturated rings. The van der Waals surface area contributed by atoms with Crippen LogP contribution in [0.4, 0.5) is 13.2 Å². The zero-order valence-corrected chi connectivity index (χ0v) is 13.0. The minimum absolute atomic E-state index is 0.0568. The van der Waals surface area contributed by atoms with Gasteiger partial charge in [0.05, 0.1) is 18.7 Å². The topological polar surface area (TPSA) is 66.8 Å². The van der Waals surface area contributed by atoms with Gasteiger partial charge in [-0.25, -0.2) is 4.79 Å². The van der Waals surface area contributed by atoms with Crippen molar-refractivity contribution in [3.8, 4) is 0 Å². The predicted octanol–water partition coefficient (Wildman–Crippen LogP) is 2.51. The van der Waals surface area contributed by atoms with Crippen molar-refractivity contribution in [2.45, 2.75) is 31.5 Å². The minimum atomic E-state index is -4.48. The molecule has 0 saturated carbocycles. The van der Waals surface area contributed by atoms with Gasteiger partial charge < -0.3 is 14.7 Å². The van der Waals surface area contributed by atoms with Gasteiger partial charge in [0.2, 0.25) is 5.91 Å². The Kier molecular flexibility index (Phi) is 5.48. The van der Waals surface area contributed by atoms with Gasteiger partial charge >= 0.3 is 12.1 Å². The quantitative estimate of drug-likeness (QED) is 0.911. The Bertz CT molecular complexity index is 618. The van der Waals surface area contributed by atoms with Gasteiger partial charge in [0.25, 0.3) is 0 Å². The first kappa shape index (κ1) is 18.3. The highest BCUT2D eigenvalue weighted by molar-refractivity contribution is 5.79. The van der Waals surface area contributed by atoms with E-state index in [-0.39, 0.29) is 37.6 Å². The highest BCUT2D eigenvalue weighted by Crippen LogP contribution is 2.36. The highest BCUT2D eigenvalue weighted by atomic mass is 19.4. The lowest BCUT2D eigenvalue weighted by Gasteiger charge is -2.31. The van der Waals surface area contributed by atoms with E-state index in [1.54, 1.807) is 6.92 Å². The molecule has 1 N–H and O–H groups in total. The Morgan fingerprint density at radius 1 is 1.38 bits per heavy atom. The average molecular weight is 345 g/mol. The van der Waals surface area contributed by atoms with Crippen LogP contribution < -0.4 is 0 Å². The number of carboxylic acid groups (broad SMARTS) is 1. The van der Waals surface area contributed by atoms with Crippen molar-refractivity contribution >= 4 is 11.9 Å². The van der Waals surface area contributed by atoms with Crippen LogP contribution in [-0.4, -0.2) is 47.7 Å². The molecular formula is C16H18F3NO4. The molecule has 5 nitrogen and oxygen atoms in total. The maximum atomic E-state index is 13.1. The van der Waals surface area contributed by atoms with E-state index < -0.39 is 29.7 Å². The third-order valence-electron chi connectivity index (χ3n) is 3.97. The van der Waals surface area contributed by atoms with Crippen LogP contribution in [0.2, 0.25) is 0 Å². The Morgan fingerprint density at radius 3 is 2.67 bits per heavy atom. The van der Waals surface area contributed by atoms with Crippen LogP contribution in [0.5, 0.6) is 0 Å². The van der Waals surface area contributed by atoms with Crippen LogP contribution in [0.3, 0.4) is 0 Å². The number of benzene rings is 1. The number of rotatable bonds is 4. The summed E-state index contributed by atoms with van der Waals surface area (Å²) in [5, 5.41) is 8.94. The molecule has 0 bridgehead atoms. The fourth-order valence-corrected chi connectivity index (χ4v) is 2.71. The SMILES string of the molecule is C[C@H](CC(=O)N1CCO[C@H](C(=O)O)C1)c1ccccc1C(F)(F)F. The van der Waals surface area contributed by atoms with Crippen molar-refractivity contribution < 1.29 is 32.6 Å². The second kappa shape index (κ2) is 7.21. The van der Waals surface area contributed by atoms with Crippen LogP contribution in [0.1, 0.15) is 30.4 Å². The molecule has 1 saturated heterocycles. The summed E-state index contributed by atoms with van der Waals surface area (Å²) >= 11 is 0. The van der Waals surface area contributed by atoms with Gasteiger partial charge in [-0.2, -0.15) is 13.2 Å². The van der Waals surface area contributed by atoms with Crippen molar-refractivity contribution in [3.63, 3.8) is 0 Å². The summed E-state index contributed by atoms with van der Waals surface area (Å²) < 4.78 is 44.2. The maximum absolute atomic E-state index is 13.1. The number of alkyl halides is 3. The third-order valence-corrected chi connectivity index (χ3v) is 3.97. The summed E-state index contributed by atoms with van der Waals surface area (Å²) in [5.41, 5.74) is -0.697. The number of carbonyl (C=O) groups excluding carboxylic acids is 1. The lowest BCUT2D eigenvalue weighted by atomic mass is 9.92. The Balaban J connectivity index is 2.08. The first-order valence-electron chi connectivity index (χ1n) is 7.48. The first-order chi connectivity index (χ1) is 11.2. The minimum Gasteiger partial charge on any atom is -0.479 e. The third kappa shape index (κ3) is 4.25. The van der Waals surface area contributed by atoms with Gasteiger partial charge in [-0.1, -0.05) is 25.1 Å². The van der Waals surface area contributed by atoms with Crippen LogP contribution in [0.15, 0.2) is 24.3 Å². The fourth-order valence-electron chi connectivity index (χ4n) is 2.71. The number of hydrogen-bond donors (Lipinski definition) is 1. The van der Waals surface area contributed by atoms with Crippen molar-refractivity contribution in [2.24, 2.45) is 0 Å². The number of halogens is 3. The van der Waals surface area contributed by atoms with E-state index in [1.807, 2.05) is 0 Å². The van der Waals surface area contributed by atoms with E-state index >= 15 is 0 Å². The summed E-state index contributed by atoms with van der Waals surface area (Å²) in [5.74, 6) is -2.18. The van der Waals surface area contributed by atoms with Crippen molar-refractivity contribution in [1.29, 1.82) is 0 Å². The number of ether oxygens (including phenoxy) is 1. The second-order valence-corrected chi connectivity index (χ2v) is 5.73. The van der Waals surface area contributed by atoms with Gasteiger partial charge in [-0.05, 0) is 17.5 Å². The van der Waals surface area contributed by atoms with Gasteiger partial charge in [-0.15, -0.1) is 0 Å². The molecule has 2 rings (SSSR count). The summed E-state index contributed by atoms with van der Waals surface area (Å²) in [6, 6.07) is 5.16. The van der Waals surface area contributed by atoms with Gasteiger partial charge in [-0.3, -0.25) is 4.79 Å². The number of amides is 1. The number of aliphatic carboxylic acids is 1. The largest absolute Gasteiger partial charge is 0.479 e. The molecule has 1 aliphatic heterocycles. The summed E-state index contributed by atoms with van der Waals surface area (Å²) in [6.45, 7) is 1.78. The first-order valence-corrected chi connectivity index (χ1v) is 7.48. The molecular weight excluding hydrogens is 327 g/mol. The molecule has 0 unspecified atom stereocenters. The number of hydrogen-bond acceptors (Lipinski definition) is 3. The molecule has 8 heteroatoms. The highest BCUT2D eigenvalue weighted by Gasteiger charge is 2.35. The number of nitrogens with zero attached hydrogens (tertiary/aromatic N) is 1. The Hall–Kier alpha value is -2.09. The van der Waals surface area contributed by atoms with Crippen molar-refractivity contribution in [3.05, 3.63) is 35.4 Å². The number of carboxylic acids is 1. The van der Waals surface area contributed by atoms with Crippen molar-refractivity contribution in [1.82, 2.24) is 4.90 Å². The zero-order valence-electron chi connectivity index (χ0n) is 13.0. The molecule has 1 heterocycles. The second-order valence-electron chi connectivity index (χ2n) is 5.73. The lowest BCUT2D eigenvalue weighted by molar-refractivity contribution is -0.159. The Labute approximate surface area is 137 Å². The molecule has 2 atom stereocenters. The van der Waals surface area contributed by atoms with Crippen LogP contribution in [0, 0.1) is 0 Å². The van der Waals surface area contributed by atoms with Crippen LogP contribution >= 0.6 is 0 Å². The molecule has 0 aliphatic carbocycles. The molecule has 0 aromatic heterocycles. The molecule has 1 aliphatic rings. The van der Waals surface area contributed by atoms with E-state index in [1.165, 1.54) is 23.1 Å². The normalized spacial score (nSPS) is 19.8. The average Bonchev–Trinajstić information content (AvgIpc) is 2.54. The summed E-state index contributed by atoms with van der Waals surface area (Å²) in [4.78, 5) is 24.6. The van der Waals surface area contributed by atoms with Gasteiger partial charge in [0.1, 0.15) is 0 Å². The summed E-state index contributed by atoms with van der Waals surface area (Å²) in [6.07, 6.45) is -5.71. The molecule has 0 radical (unpaired) electrons. The van der Waals surface area contributed by atoms with Crippen LogP contribution in [0.25, 0.3) is 0 Å². The zero-order chi connectivity index (χ0) is 17.9. The number of morpholine rings is 1. The lowest BCUT2D eigenvalue weighted by Crippen LogP contribution is -2.48. The van der Waals surface area contributed by atoms with E-state index in [0.29, 0.717) is 0 Å². The smallest absolute Gasteiger partial charge is 0.416 e. The van der Waals surface area contributed by atoms with E-state index in [2.05, 4.69) is 0 Å². The predicted molar refractivity (Wildman–Crippen MR) is 78.4 cm³/mol. The Morgan fingerprint density at radius 2 is 2.04 bits per heavy atom. The molecule has 24 heavy (non-hydrogen) atoms. The molecule has 0 spiro atoms. The van der Waals surface area contributed by atoms with E-state index in [4.69, 9.17) is 9.84 Å². The van der Waals surface area contributed by atoms with Crippen LogP contribution in [-0.2, 0) is 20.5 Å². The standard InChI is InChI=1S/C16H18F3NO4/c1-10(11-4-2-3-5-12(11)16(17,18)19)8-14(21)20-6-7-24-13(9-20)15(22)23/h2-5,10,13H,6-9H2,1H3,(H,22,23)/t10-,13+/m1/s1. The molecule has 1 aromatic carbocycles. The van der Waals surface area contributed by atoms with Crippen molar-refractivity contribution in [2.75, 3.05) is 19.7 Å². The molecule has 132 valence electrons. The van der Waals surface area contributed by atoms with Gasteiger partial charge in [0, 0.05) is 13.0 Å². The van der Waals surface area contributed by atoms with E-state index in [0.717, 1.165) is 6.07 Å². The molecule has 1 aromatic rings. The summed E-state index contributed by atoms with van der Waals surface area (Å²) in [7, 11) is 0. The maximum Gasteiger partial charge on any atom is 0.416 e. The number of carbonyl (C=O) groups is 2. The van der Waals surface area contributed by atoms with E-state index in [9.17, 15) is 22.8 Å². The molecule has 1 amide bonds.